The molecule has 0 aliphatic carbocycles. The molecule has 0 radical (unpaired) electrons. The maximum Gasteiger partial charge on any atom is 0.123 e. The van der Waals surface area contributed by atoms with Crippen LogP contribution in [-0.4, -0.2) is 18.3 Å². The summed E-state index contributed by atoms with van der Waals surface area (Å²) in [4.78, 5) is 0. The van der Waals surface area contributed by atoms with Gasteiger partial charge in [-0.1, -0.05) is 6.42 Å². The second kappa shape index (κ2) is 7.23. The van der Waals surface area contributed by atoms with Gasteiger partial charge < -0.3 is 9.84 Å². The lowest BCUT2D eigenvalue weighted by Gasteiger charge is -2.05. The predicted octanol–water partition coefficient (Wildman–Crippen LogP) is 2.76. The van der Waals surface area contributed by atoms with Crippen LogP contribution in [0.25, 0.3) is 0 Å². The molecule has 0 heterocycles. The summed E-state index contributed by atoms with van der Waals surface area (Å²) in [6.45, 7) is 0.913. The molecule has 84 valence electrons. The number of halogens is 1. The fourth-order valence-electron chi connectivity index (χ4n) is 1.29. The van der Waals surface area contributed by atoms with E-state index in [0.717, 1.165) is 25.7 Å². The summed E-state index contributed by atoms with van der Waals surface area (Å²) in [5.41, 5.74) is 0. The van der Waals surface area contributed by atoms with Crippen molar-refractivity contribution in [1.82, 2.24) is 0 Å². The molecular formula is C12H17FO2. The Balaban J connectivity index is 2.07. The molecule has 1 rings (SSSR count). The van der Waals surface area contributed by atoms with Crippen LogP contribution in [0.15, 0.2) is 24.3 Å². The summed E-state index contributed by atoms with van der Waals surface area (Å²) >= 11 is 0. The van der Waals surface area contributed by atoms with Crippen molar-refractivity contribution < 1.29 is 14.2 Å². The third kappa shape index (κ3) is 5.37. The van der Waals surface area contributed by atoms with Crippen LogP contribution >= 0.6 is 0 Å². The van der Waals surface area contributed by atoms with Crippen molar-refractivity contribution in [1.29, 1.82) is 0 Å². The fraction of sp³-hybridized carbons (Fsp3) is 0.500. The highest BCUT2D eigenvalue weighted by molar-refractivity contribution is 5.21. The Morgan fingerprint density at radius 1 is 1.00 bits per heavy atom. The van der Waals surface area contributed by atoms with Gasteiger partial charge in [0.1, 0.15) is 11.6 Å². The minimum absolute atomic E-state index is 0.245. The molecule has 0 aliphatic heterocycles. The first-order valence-corrected chi connectivity index (χ1v) is 5.32. The van der Waals surface area contributed by atoms with E-state index in [1.165, 1.54) is 12.1 Å². The molecule has 0 amide bonds. The molecule has 0 aliphatic rings. The van der Waals surface area contributed by atoms with E-state index in [1.54, 1.807) is 12.1 Å². The van der Waals surface area contributed by atoms with Gasteiger partial charge in [0.2, 0.25) is 0 Å². The first-order valence-electron chi connectivity index (χ1n) is 5.32. The average molecular weight is 212 g/mol. The highest BCUT2D eigenvalue weighted by atomic mass is 19.1. The molecule has 0 fully saturated rings. The van der Waals surface area contributed by atoms with Gasteiger partial charge in [-0.25, -0.2) is 4.39 Å². The van der Waals surface area contributed by atoms with Gasteiger partial charge in [-0.05, 0) is 43.5 Å². The first kappa shape index (κ1) is 12.0. The van der Waals surface area contributed by atoms with E-state index in [4.69, 9.17) is 9.84 Å². The molecule has 1 N–H and O–H groups in total. The number of ether oxygens (including phenoxy) is 1. The molecule has 2 nitrogen and oxygen atoms in total. The molecule has 0 atom stereocenters. The van der Waals surface area contributed by atoms with E-state index in [-0.39, 0.29) is 12.4 Å². The number of benzene rings is 1. The van der Waals surface area contributed by atoms with E-state index in [1.807, 2.05) is 0 Å². The van der Waals surface area contributed by atoms with E-state index in [0.29, 0.717) is 12.4 Å². The Bertz CT molecular complexity index is 259. The van der Waals surface area contributed by atoms with Gasteiger partial charge in [0.05, 0.1) is 6.61 Å². The van der Waals surface area contributed by atoms with Crippen molar-refractivity contribution in [3.05, 3.63) is 30.1 Å². The van der Waals surface area contributed by atoms with Crippen molar-refractivity contribution in [3.8, 4) is 5.75 Å². The van der Waals surface area contributed by atoms with E-state index in [2.05, 4.69) is 0 Å². The van der Waals surface area contributed by atoms with Gasteiger partial charge in [-0.15, -0.1) is 0 Å². The second-order valence-corrected chi connectivity index (χ2v) is 3.44. The Hall–Kier alpha value is -1.09. The topological polar surface area (TPSA) is 29.5 Å². The Labute approximate surface area is 89.7 Å². The Morgan fingerprint density at radius 3 is 2.33 bits per heavy atom. The second-order valence-electron chi connectivity index (χ2n) is 3.44. The minimum Gasteiger partial charge on any atom is -0.494 e. The molecule has 1 aromatic rings. The maximum absolute atomic E-state index is 12.5. The van der Waals surface area contributed by atoms with Crippen molar-refractivity contribution in [2.75, 3.05) is 13.2 Å². The molecule has 0 saturated heterocycles. The smallest absolute Gasteiger partial charge is 0.123 e. The normalized spacial score (nSPS) is 10.3. The summed E-state index contributed by atoms with van der Waals surface area (Å²) in [5, 5.41) is 8.56. The number of rotatable bonds is 7. The van der Waals surface area contributed by atoms with Crippen molar-refractivity contribution in [2.24, 2.45) is 0 Å². The van der Waals surface area contributed by atoms with Crippen molar-refractivity contribution in [2.45, 2.75) is 25.7 Å². The highest BCUT2D eigenvalue weighted by Crippen LogP contribution is 2.11. The third-order valence-electron chi connectivity index (χ3n) is 2.13. The number of hydrogen-bond acceptors (Lipinski definition) is 2. The van der Waals surface area contributed by atoms with Gasteiger partial charge in [-0.2, -0.15) is 0 Å². The van der Waals surface area contributed by atoms with Crippen LogP contribution in [0.1, 0.15) is 25.7 Å². The van der Waals surface area contributed by atoms with Gasteiger partial charge >= 0.3 is 0 Å². The number of aliphatic hydroxyl groups is 1. The lowest BCUT2D eigenvalue weighted by Crippen LogP contribution is -1.97. The molecule has 0 bridgehead atoms. The zero-order valence-corrected chi connectivity index (χ0v) is 8.79. The first-order chi connectivity index (χ1) is 7.33. The Kier molecular flexibility index (Phi) is 5.78. The summed E-state index contributed by atoms with van der Waals surface area (Å²) < 4.78 is 17.9. The highest BCUT2D eigenvalue weighted by Gasteiger charge is 1.94. The van der Waals surface area contributed by atoms with E-state index < -0.39 is 0 Å². The van der Waals surface area contributed by atoms with Crippen molar-refractivity contribution in [3.63, 3.8) is 0 Å². The van der Waals surface area contributed by atoms with Gasteiger partial charge in [0.15, 0.2) is 0 Å². The van der Waals surface area contributed by atoms with Gasteiger partial charge in [0.25, 0.3) is 0 Å². The zero-order valence-electron chi connectivity index (χ0n) is 8.79. The molecule has 1 aromatic carbocycles. The summed E-state index contributed by atoms with van der Waals surface area (Å²) in [5.74, 6) is 0.462. The number of unbranched alkanes of at least 4 members (excludes halogenated alkanes) is 3. The van der Waals surface area contributed by atoms with Crippen LogP contribution in [0.3, 0.4) is 0 Å². The molecule has 0 saturated carbocycles. The van der Waals surface area contributed by atoms with Crippen LogP contribution in [0, 0.1) is 5.82 Å². The van der Waals surface area contributed by atoms with Crippen LogP contribution in [0.2, 0.25) is 0 Å². The molecule has 0 unspecified atom stereocenters. The van der Waals surface area contributed by atoms with E-state index >= 15 is 0 Å². The van der Waals surface area contributed by atoms with Gasteiger partial charge in [0, 0.05) is 6.61 Å². The number of aliphatic hydroxyl groups excluding tert-OH is 1. The quantitative estimate of drug-likeness (QED) is 0.704. The average Bonchev–Trinajstić information content (AvgIpc) is 2.26. The third-order valence-corrected chi connectivity index (χ3v) is 2.13. The Morgan fingerprint density at radius 2 is 1.67 bits per heavy atom. The van der Waals surface area contributed by atoms with Crippen LogP contribution < -0.4 is 4.74 Å². The lowest BCUT2D eigenvalue weighted by molar-refractivity contribution is 0.273. The summed E-state index contributed by atoms with van der Waals surface area (Å²) in [6.07, 6.45) is 3.92. The number of hydrogen-bond donors (Lipinski definition) is 1. The minimum atomic E-state index is -0.245. The standard InChI is InChI=1S/C12H17FO2/c13-11-5-7-12(8-6-11)15-10-4-2-1-3-9-14/h5-8,14H,1-4,9-10H2. The maximum atomic E-state index is 12.5. The molecular weight excluding hydrogens is 195 g/mol. The van der Waals surface area contributed by atoms with Gasteiger partial charge in [-0.3, -0.25) is 0 Å². The lowest BCUT2D eigenvalue weighted by atomic mass is 10.2. The van der Waals surface area contributed by atoms with Crippen LogP contribution in [0.4, 0.5) is 4.39 Å². The SMILES string of the molecule is OCCCCCCOc1ccc(F)cc1. The van der Waals surface area contributed by atoms with Crippen LogP contribution in [-0.2, 0) is 0 Å². The molecule has 15 heavy (non-hydrogen) atoms. The zero-order chi connectivity index (χ0) is 10.9. The summed E-state index contributed by atoms with van der Waals surface area (Å²) in [7, 11) is 0. The monoisotopic (exact) mass is 212 g/mol. The van der Waals surface area contributed by atoms with Crippen LogP contribution in [0.5, 0.6) is 5.75 Å². The summed E-state index contributed by atoms with van der Waals surface area (Å²) in [6, 6.07) is 6.04. The molecule has 0 aromatic heterocycles. The largest absolute Gasteiger partial charge is 0.494 e. The van der Waals surface area contributed by atoms with E-state index in [9.17, 15) is 4.39 Å². The fourth-order valence-corrected chi connectivity index (χ4v) is 1.29. The predicted molar refractivity (Wildman–Crippen MR) is 57.4 cm³/mol. The molecule has 0 spiro atoms. The van der Waals surface area contributed by atoms with Crippen molar-refractivity contribution >= 4 is 0 Å². The molecule has 3 heteroatoms.